The summed E-state index contributed by atoms with van der Waals surface area (Å²) in [4.78, 5) is 0. The molecule has 0 amide bonds. The average Bonchev–Trinajstić information content (AvgIpc) is 2.58. The summed E-state index contributed by atoms with van der Waals surface area (Å²) in [7, 11) is 0. The minimum Gasteiger partial charge on any atom is -0.508 e. The maximum absolute atomic E-state index is 9.99. The molecule has 0 bridgehead atoms. The van der Waals surface area contributed by atoms with Crippen LogP contribution in [-0.2, 0) is 11.2 Å². The molecule has 1 aliphatic rings. The Morgan fingerprint density at radius 3 is 2.54 bits per heavy atom. The average molecular weight is 349 g/mol. The van der Waals surface area contributed by atoms with Crippen molar-refractivity contribution in [1.29, 1.82) is 0 Å². The van der Waals surface area contributed by atoms with Gasteiger partial charge in [0.1, 0.15) is 5.75 Å². The van der Waals surface area contributed by atoms with Crippen molar-refractivity contribution >= 4 is 11.6 Å². The minimum atomic E-state index is -0.475. The van der Waals surface area contributed by atoms with Crippen molar-refractivity contribution in [3.8, 4) is 5.75 Å². The van der Waals surface area contributed by atoms with Gasteiger partial charge in [0.05, 0.1) is 24.9 Å². The highest BCUT2D eigenvalue weighted by Crippen LogP contribution is 2.33. The lowest BCUT2D eigenvalue weighted by Gasteiger charge is -2.32. The highest BCUT2D eigenvalue weighted by Gasteiger charge is 2.29. The third-order valence-corrected chi connectivity index (χ3v) is 4.72. The summed E-state index contributed by atoms with van der Waals surface area (Å²) in [6, 6.07) is 12.8. The second-order valence-electron chi connectivity index (χ2n) is 6.25. The van der Waals surface area contributed by atoms with Crippen LogP contribution in [0.4, 0.5) is 0 Å². The van der Waals surface area contributed by atoms with Gasteiger partial charge in [-0.3, -0.25) is 0 Å². The third-order valence-electron chi connectivity index (χ3n) is 4.35. The van der Waals surface area contributed by atoms with Crippen LogP contribution in [0.2, 0.25) is 5.02 Å². The van der Waals surface area contributed by atoms with Gasteiger partial charge in [-0.05, 0) is 41.3 Å². The number of ether oxygens (including phenoxy) is 1. The van der Waals surface area contributed by atoms with Crippen LogP contribution in [0.5, 0.6) is 5.75 Å². The second kappa shape index (κ2) is 7.53. The van der Waals surface area contributed by atoms with Gasteiger partial charge in [0, 0.05) is 17.9 Å². The Morgan fingerprint density at radius 1 is 1.08 bits per heavy atom. The zero-order valence-electron chi connectivity index (χ0n) is 13.2. The summed E-state index contributed by atoms with van der Waals surface area (Å²) in [5, 5.41) is 29.3. The van der Waals surface area contributed by atoms with Crippen molar-refractivity contribution in [2.45, 2.75) is 37.6 Å². The molecule has 1 saturated heterocycles. The van der Waals surface area contributed by atoms with Gasteiger partial charge in [0.25, 0.3) is 0 Å². The molecule has 0 spiro atoms. The van der Waals surface area contributed by atoms with Crippen LogP contribution < -0.4 is 0 Å². The van der Waals surface area contributed by atoms with Gasteiger partial charge in [-0.1, -0.05) is 35.9 Å². The Kier molecular flexibility index (Phi) is 5.41. The van der Waals surface area contributed by atoms with Gasteiger partial charge in [0.2, 0.25) is 0 Å². The summed E-state index contributed by atoms with van der Waals surface area (Å²) in [6.45, 7) is -0.0957. The number of hydrogen-bond acceptors (Lipinski definition) is 4. The van der Waals surface area contributed by atoms with E-state index in [1.54, 1.807) is 12.1 Å². The van der Waals surface area contributed by atoms with Gasteiger partial charge >= 0.3 is 0 Å². The molecule has 3 atom stereocenters. The first-order valence-corrected chi connectivity index (χ1v) is 8.43. The van der Waals surface area contributed by atoms with E-state index in [2.05, 4.69) is 0 Å². The third kappa shape index (κ3) is 4.08. The first-order valence-electron chi connectivity index (χ1n) is 8.05. The molecule has 2 aromatic rings. The Morgan fingerprint density at radius 2 is 1.83 bits per heavy atom. The molecule has 1 heterocycles. The van der Waals surface area contributed by atoms with Crippen molar-refractivity contribution in [1.82, 2.24) is 0 Å². The van der Waals surface area contributed by atoms with E-state index >= 15 is 0 Å². The molecule has 3 rings (SSSR count). The van der Waals surface area contributed by atoms with E-state index in [1.807, 2.05) is 30.3 Å². The largest absolute Gasteiger partial charge is 0.508 e. The number of aliphatic hydroxyl groups excluding tert-OH is 2. The molecule has 1 fully saturated rings. The number of hydrogen-bond donors (Lipinski definition) is 3. The number of aromatic hydroxyl groups is 1. The molecule has 3 N–H and O–H groups in total. The van der Waals surface area contributed by atoms with Crippen LogP contribution in [0, 0.1) is 0 Å². The molecular weight excluding hydrogens is 328 g/mol. The molecule has 0 radical (unpaired) electrons. The molecule has 5 heteroatoms. The maximum Gasteiger partial charge on any atom is 0.115 e. The molecule has 2 aromatic carbocycles. The zero-order chi connectivity index (χ0) is 17.1. The summed E-state index contributed by atoms with van der Waals surface area (Å²) >= 11 is 6.32. The predicted octanol–water partition coefficient (Wildman–Crippen LogP) is 3.21. The SMILES string of the molecule is OCC1CC(O)CC(c2ccc(Cl)c(Cc3ccc(O)cc3)c2)O1. The van der Waals surface area contributed by atoms with Crippen molar-refractivity contribution < 1.29 is 20.1 Å². The van der Waals surface area contributed by atoms with Crippen LogP contribution in [-0.4, -0.2) is 34.1 Å². The molecule has 0 saturated carbocycles. The topological polar surface area (TPSA) is 69.9 Å². The normalized spacial score (nSPS) is 24.0. The Labute approximate surface area is 146 Å². The van der Waals surface area contributed by atoms with Crippen LogP contribution in [0.3, 0.4) is 0 Å². The predicted molar refractivity (Wildman–Crippen MR) is 92.3 cm³/mol. The van der Waals surface area contributed by atoms with E-state index in [1.165, 1.54) is 0 Å². The number of phenolic OH excluding ortho intramolecular Hbond substituents is 1. The molecule has 0 aliphatic carbocycles. The monoisotopic (exact) mass is 348 g/mol. The Bertz CT molecular complexity index is 686. The van der Waals surface area contributed by atoms with E-state index in [4.69, 9.17) is 16.3 Å². The summed E-state index contributed by atoms with van der Waals surface area (Å²) in [5.41, 5.74) is 2.96. The second-order valence-corrected chi connectivity index (χ2v) is 6.66. The van der Waals surface area contributed by atoms with Crippen LogP contribution in [0.25, 0.3) is 0 Å². The van der Waals surface area contributed by atoms with Crippen molar-refractivity contribution in [2.24, 2.45) is 0 Å². The lowest BCUT2D eigenvalue weighted by molar-refractivity contribution is -0.113. The molecule has 4 nitrogen and oxygen atoms in total. The molecular formula is C19H21ClO4. The van der Waals surface area contributed by atoms with Crippen molar-refractivity contribution in [3.63, 3.8) is 0 Å². The number of aliphatic hydroxyl groups is 2. The summed E-state index contributed by atoms with van der Waals surface area (Å²) in [6.07, 6.45) is 0.553. The molecule has 128 valence electrons. The van der Waals surface area contributed by atoms with E-state index in [-0.39, 0.29) is 24.6 Å². The molecule has 1 aliphatic heterocycles. The number of halogens is 1. The fourth-order valence-electron chi connectivity index (χ4n) is 3.09. The smallest absolute Gasteiger partial charge is 0.115 e. The molecule has 24 heavy (non-hydrogen) atoms. The van der Waals surface area contributed by atoms with Crippen LogP contribution in [0.15, 0.2) is 42.5 Å². The van der Waals surface area contributed by atoms with E-state index < -0.39 is 6.10 Å². The Hall–Kier alpha value is -1.59. The lowest BCUT2D eigenvalue weighted by atomic mass is 9.94. The van der Waals surface area contributed by atoms with Gasteiger partial charge in [-0.25, -0.2) is 0 Å². The number of phenols is 1. The van der Waals surface area contributed by atoms with Crippen LogP contribution in [0.1, 0.15) is 35.6 Å². The first-order chi connectivity index (χ1) is 11.5. The van der Waals surface area contributed by atoms with Gasteiger partial charge in [-0.15, -0.1) is 0 Å². The van der Waals surface area contributed by atoms with Gasteiger partial charge in [-0.2, -0.15) is 0 Å². The van der Waals surface area contributed by atoms with Gasteiger partial charge in [0.15, 0.2) is 0 Å². The number of rotatable bonds is 4. The van der Waals surface area contributed by atoms with Gasteiger partial charge < -0.3 is 20.1 Å². The quantitative estimate of drug-likeness (QED) is 0.793. The highest BCUT2D eigenvalue weighted by molar-refractivity contribution is 6.31. The van der Waals surface area contributed by atoms with Crippen molar-refractivity contribution in [3.05, 3.63) is 64.2 Å². The van der Waals surface area contributed by atoms with E-state index in [9.17, 15) is 15.3 Å². The summed E-state index contributed by atoms with van der Waals surface area (Å²) in [5.74, 6) is 0.234. The lowest BCUT2D eigenvalue weighted by Crippen LogP contribution is -2.33. The highest BCUT2D eigenvalue weighted by atomic mass is 35.5. The zero-order valence-corrected chi connectivity index (χ0v) is 14.0. The first kappa shape index (κ1) is 17.2. The fraction of sp³-hybridized carbons (Fsp3) is 0.368. The fourth-order valence-corrected chi connectivity index (χ4v) is 3.27. The maximum atomic E-state index is 9.99. The Balaban J connectivity index is 1.81. The number of benzene rings is 2. The van der Waals surface area contributed by atoms with Crippen molar-refractivity contribution in [2.75, 3.05) is 6.61 Å². The van der Waals surface area contributed by atoms with E-state index in [0.717, 1.165) is 16.7 Å². The minimum absolute atomic E-state index is 0.0957. The molecule has 0 aromatic heterocycles. The standard InChI is InChI=1S/C19H21ClO4/c20-18-6-3-13(19-10-16(23)9-17(11-21)24-19)8-14(18)7-12-1-4-15(22)5-2-12/h1-6,8,16-17,19,21-23H,7,9-11H2. The molecule has 3 unspecified atom stereocenters. The summed E-state index contributed by atoms with van der Waals surface area (Å²) < 4.78 is 5.87. The van der Waals surface area contributed by atoms with Crippen LogP contribution >= 0.6 is 11.6 Å². The van der Waals surface area contributed by atoms with E-state index in [0.29, 0.717) is 24.3 Å².